The van der Waals surface area contributed by atoms with E-state index in [2.05, 4.69) is 35.7 Å². The number of carbonyl (C=O) groups is 1. The van der Waals surface area contributed by atoms with E-state index in [4.69, 9.17) is 0 Å². The van der Waals surface area contributed by atoms with Gasteiger partial charge in [-0.05, 0) is 31.2 Å². The maximum absolute atomic E-state index is 12.5. The second-order valence-electron chi connectivity index (χ2n) is 5.28. The number of fused-ring (bicyclic) bond motifs is 1. The molecule has 1 amide bonds. The Balaban J connectivity index is 1.66. The van der Waals surface area contributed by atoms with E-state index in [0.29, 0.717) is 22.7 Å². The third kappa shape index (κ3) is 2.50. The van der Waals surface area contributed by atoms with E-state index in [0.717, 1.165) is 11.3 Å². The molecule has 0 aliphatic carbocycles. The van der Waals surface area contributed by atoms with E-state index in [9.17, 15) is 4.79 Å². The summed E-state index contributed by atoms with van der Waals surface area (Å²) >= 11 is 0. The Labute approximate surface area is 136 Å². The fourth-order valence-corrected chi connectivity index (χ4v) is 2.40. The number of pyridine rings is 1. The summed E-state index contributed by atoms with van der Waals surface area (Å²) in [6.07, 6.45) is 1.74. The lowest BCUT2D eigenvalue weighted by Gasteiger charge is -2.09. The van der Waals surface area contributed by atoms with Crippen LogP contribution in [-0.4, -0.2) is 36.3 Å². The van der Waals surface area contributed by atoms with Crippen molar-refractivity contribution in [2.75, 3.05) is 5.32 Å². The van der Waals surface area contributed by atoms with E-state index >= 15 is 0 Å². The molecule has 0 aliphatic heterocycles. The predicted molar refractivity (Wildman–Crippen MR) is 88.4 cm³/mol. The van der Waals surface area contributed by atoms with Crippen molar-refractivity contribution >= 4 is 22.8 Å². The van der Waals surface area contributed by atoms with Crippen LogP contribution in [0.1, 0.15) is 16.2 Å². The first-order chi connectivity index (χ1) is 11.7. The van der Waals surface area contributed by atoms with Gasteiger partial charge < -0.3 is 10.3 Å². The van der Waals surface area contributed by atoms with Crippen molar-refractivity contribution in [3.63, 3.8) is 0 Å². The number of aromatic amines is 2. The number of nitrogens with zero attached hydrogens (tertiary/aromatic N) is 4. The second-order valence-corrected chi connectivity index (χ2v) is 5.28. The summed E-state index contributed by atoms with van der Waals surface area (Å²) in [6, 6.07) is 10.8. The summed E-state index contributed by atoms with van der Waals surface area (Å²) in [5, 5.41) is 13.2. The molecule has 0 unspecified atom stereocenters. The van der Waals surface area contributed by atoms with Gasteiger partial charge in [0.1, 0.15) is 17.0 Å². The molecule has 0 aliphatic rings. The average Bonchev–Trinajstić information content (AvgIpc) is 3.23. The molecular weight excluding hydrogens is 306 g/mol. The minimum atomic E-state index is -0.323. The molecule has 3 aromatic heterocycles. The number of imidazole rings is 1. The Morgan fingerprint density at radius 1 is 1.12 bits per heavy atom. The van der Waals surface area contributed by atoms with Gasteiger partial charge in [0.2, 0.25) is 5.65 Å². The first-order valence-corrected chi connectivity index (χ1v) is 7.30. The Bertz CT molecular complexity index is 1030. The molecule has 0 spiro atoms. The molecule has 4 aromatic rings. The number of H-pyrrole nitrogens is 2. The first kappa shape index (κ1) is 14.1. The number of hydrogen-bond donors (Lipinski definition) is 3. The number of benzene rings is 1. The predicted octanol–water partition coefficient (Wildman–Crippen LogP) is 2.30. The van der Waals surface area contributed by atoms with Crippen LogP contribution in [0.3, 0.4) is 0 Å². The van der Waals surface area contributed by atoms with Gasteiger partial charge in [0, 0.05) is 17.5 Å². The van der Waals surface area contributed by atoms with Gasteiger partial charge in [-0.2, -0.15) is 10.3 Å². The quantitative estimate of drug-likeness (QED) is 0.536. The number of nitrogens with one attached hydrogen (secondary N) is 3. The number of carbonyl (C=O) groups excluding carboxylic acids is 1. The fraction of sp³-hybridized carbons (Fsp3) is 0.0625. The molecule has 24 heavy (non-hydrogen) atoms. The Morgan fingerprint density at radius 2 is 2.00 bits per heavy atom. The standard InChI is InChI=1S/C16H13N7O/c1-9-8-17-14(18-9)10-4-2-3-5-11(10)20-16(24)13-7-6-12-15(19-13)22-23-21-12/h2-8H,1H3,(H,17,18)(H,20,24)(H,19,21,22,23). The van der Waals surface area contributed by atoms with Crippen molar-refractivity contribution in [3.8, 4) is 11.4 Å². The van der Waals surface area contributed by atoms with E-state index in [-0.39, 0.29) is 11.6 Å². The van der Waals surface area contributed by atoms with Crippen molar-refractivity contribution in [2.24, 2.45) is 0 Å². The zero-order valence-electron chi connectivity index (χ0n) is 12.7. The summed E-state index contributed by atoms with van der Waals surface area (Å²) in [6.45, 7) is 1.93. The minimum Gasteiger partial charge on any atom is -0.342 e. The fourth-order valence-electron chi connectivity index (χ4n) is 2.40. The van der Waals surface area contributed by atoms with Gasteiger partial charge in [0.25, 0.3) is 5.91 Å². The Hall–Kier alpha value is -3.55. The largest absolute Gasteiger partial charge is 0.342 e. The lowest BCUT2D eigenvalue weighted by Crippen LogP contribution is -2.14. The summed E-state index contributed by atoms with van der Waals surface area (Å²) in [4.78, 5) is 24.2. The summed E-state index contributed by atoms with van der Waals surface area (Å²) in [5.41, 5.74) is 3.68. The molecular formula is C16H13N7O. The highest BCUT2D eigenvalue weighted by Crippen LogP contribution is 2.25. The number of anilines is 1. The molecule has 0 bridgehead atoms. The summed E-state index contributed by atoms with van der Waals surface area (Å²) in [5.74, 6) is 0.374. The van der Waals surface area contributed by atoms with Crippen molar-refractivity contribution in [3.05, 3.63) is 54.0 Å². The number of aromatic nitrogens is 6. The van der Waals surface area contributed by atoms with E-state index in [1.807, 2.05) is 31.2 Å². The lowest BCUT2D eigenvalue weighted by molar-refractivity contribution is 0.102. The SMILES string of the molecule is Cc1cnc(-c2ccccc2NC(=O)c2ccc3n[nH]nc3n2)[nH]1. The van der Waals surface area contributed by atoms with Gasteiger partial charge in [-0.3, -0.25) is 4.79 Å². The molecule has 0 saturated heterocycles. The van der Waals surface area contributed by atoms with Crippen LogP contribution in [0.2, 0.25) is 0 Å². The van der Waals surface area contributed by atoms with Crippen molar-refractivity contribution < 1.29 is 4.79 Å². The molecule has 1 aromatic carbocycles. The molecule has 3 N–H and O–H groups in total. The molecule has 8 nitrogen and oxygen atoms in total. The van der Waals surface area contributed by atoms with Crippen LogP contribution in [0.15, 0.2) is 42.6 Å². The normalized spacial score (nSPS) is 10.9. The van der Waals surface area contributed by atoms with Gasteiger partial charge in [0.15, 0.2) is 0 Å². The van der Waals surface area contributed by atoms with Crippen molar-refractivity contribution in [2.45, 2.75) is 6.92 Å². The smallest absolute Gasteiger partial charge is 0.274 e. The van der Waals surface area contributed by atoms with E-state index in [1.165, 1.54) is 0 Å². The molecule has 0 saturated carbocycles. The number of hydrogen-bond acceptors (Lipinski definition) is 5. The molecule has 0 radical (unpaired) electrons. The highest BCUT2D eigenvalue weighted by atomic mass is 16.1. The maximum Gasteiger partial charge on any atom is 0.274 e. The molecule has 0 fully saturated rings. The van der Waals surface area contributed by atoms with E-state index in [1.54, 1.807) is 18.3 Å². The third-order valence-corrected chi connectivity index (χ3v) is 3.55. The van der Waals surface area contributed by atoms with Gasteiger partial charge >= 0.3 is 0 Å². The van der Waals surface area contributed by atoms with Gasteiger partial charge in [0.05, 0.1) is 5.69 Å². The summed E-state index contributed by atoms with van der Waals surface area (Å²) < 4.78 is 0. The monoisotopic (exact) mass is 319 g/mol. The molecule has 0 atom stereocenters. The van der Waals surface area contributed by atoms with Gasteiger partial charge in [-0.15, -0.1) is 5.10 Å². The topological polar surface area (TPSA) is 112 Å². The first-order valence-electron chi connectivity index (χ1n) is 7.30. The minimum absolute atomic E-state index is 0.266. The van der Waals surface area contributed by atoms with Gasteiger partial charge in [-0.25, -0.2) is 9.97 Å². The Morgan fingerprint density at radius 3 is 2.83 bits per heavy atom. The second kappa shape index (κ2) is 5.58. The highest BCUT2D eigenvalue weighted by molar-refractivity contribution is 6.05. The van der Waals surface area contributed by atoms with Crippen LogP contribution in [-0.2, 0) is 0 Å². The molecule has 3 heterocycles. The van der Waals surface area contributed by atoms with Crippen molar-refractivity contribution in [1.29, 1.82) is 0 Å². The average molecular weight is 319 g/mol. The van der Waals surface area contributed by atoms with Crippen LogP contribution in [0, 0.1) is 6.92 Å². The number of rotatable bonds is 3. The molecule has 118 valence electrons. The van der Waals surface area contributed by atoms with Crippen LogP contribution in [0.4, 0.5) is 5.69 Å². The Kier molecular flexibility index (Phi) is 3.27. The summed E-state index contributed by atoms with van der Waals surface area (Å²) in [7, 11) is 0. The zero-order chi connectivity index (χ0) is 16.5. The third-order valence-electron chi connectivity index (χ3n) is 3.55. The van der Waals surface area contributed by atoms with Crippen LogP contribution < -0.4 is 5.32 Å². The number of amides is 1. The van der Waals surface area contributed by atoms with E-state index < -0.39 is 0 Å². The lowest BCUT2D eigenvalue weighted by atomic mass is 10.1. The maximum atomic E-state index is 12.5. The van der Waals surface area contributed by atoms with Gasteiger partial charge in [-0.1, -0.05) is 12.1 Å². The van der Waals surface area contributed by atoms with Crippen LogP contribution >= 0.6 is 0 Å². The molecule has 4 rings (SSSR count). The van der Waals surface area contributed by atoms with Crippen LogP contribution in [0.25, 0.3) is 22.6 Å². The number of aryl methyl sites for hydroxylation is 1. The van der Waals surface area contributed by atoms with Crippen molar-refractivity contribution in [1.82, 2.24) is 30.4 Å². The highest BCUT2D eigenvalue weighted by Gasteiger charge is 2.14. The number of para-hydroxylation sites is 1. The van der Waals surface area contributed by atoms with Crippen LogP contribution in [0.5, 0.6) is 0 Å². The zero-order valence-corrected chi connectivity index (χ0v) is 12.7. The molecule has 8 heteroatoms.